The van der Waals surface area contributed by atoms with Gasteiger partial charge in [0.1, 0.15) is 5.69 Å². The molecule has 1 N–H and O–H groups in total. The maximum atomic E-state index is 12.5. The van der Waals surface area contributed by atoms with Crippen molar-refractivity contribution in [2.75, 3.05) is 0 Å². The Morgan fingerprint density at radius 2 is 1.95 bits per heavy atom. The summed E-state index contributed by atoms with van der Waals surface area (Å²) in [6, 6.07) is 13.8. The predicted molar refractivity (Wildman–Crippen MR) is 89.5 cm³/mol. The number of carbonyl (C=O) groups is 1. The van der Waals surface area contributed by atoms with Crippen LogP contribution in [0, 0.1) is 0 Å². The SMILES string of the molecule is CC(C)NC(=O)c1cn(-c2ccccc2)nc1-c1cccs1. The van der Waals surface area contributed by atoms with Gasteiger partial charge in [-0.15, -0.1) is 11.3 Å². The van der Waals surface area contributed by atoms with Gasteiger partial charge in [-0.05, 0) is 37.4 Å². The maximum absolute atomic E-state index is 12.5. The molecule has 0 atom stereocenters. The number of carbonyl (C=O) groups excluding carboxylic acids is 1. The highest BCUT2D eigenvalue weighted by molar-refractivity contribution is 7.13. The molecule has 0 saturated heterocycles. The van der Waals surface area contributed by atoms with Crippen molar-refractivity contribution in [3.63, 3.8) is 0 Å². The average molecular weight is 311 g/mol. The largest absolute Gasteiger partial charge is 0.350 e. The Bertz CT molecular complexity index is 761. The number of amides is 1. The van der Waals surface area contributed by atoms with Crippen LogP contribution in [0.15, 0.2) is 54.0 Å². The summed E-state index contributed by atoms with van der Waals surface area (Å²) in [6.45, 7) is 3.90. The van der Waals surface area contributed by atoms with E-state index < -0.39 is 0 Å². The summed E-state index contributed by atoms with van der Waals surface area (Å²) in [5.41, 5.74) is 2.25. The first-order chi connectivity index (χ1) is 10.6. The van der Waals surface area contributed by atoms with Crippen molar-refractivity contribution in [3.8, 4) is 16.3 Å². The van der Waals surface area contributed by atoms with E-state index in [0.29, 0.717) is 5.56 Å². The number of para-hydroxylation sites is 1. The van der Waals surface area contributed by atoms with Crippen molar-refractivity contribution in [1.82, 2.24) is 15.1 Å². The molecule has 1 amide bonds. The second kappa shape index (κ2) is 6.15. The minimum Gasteiger partial charge on any atom is -0.350 e. The monoisotopic (exact) mass is 311 g/mol. The van der Waals surface area contributed by atoms with Gasteiger partial charge in [0.2, 0.25) is 0 Å². The molecule has 0 aliphatic carbocycles. The number of nitrogens with one attached hydrogen (secondary N) is 1. The minimum atomic E-state index is -0.0967. The molecule has 1 aromatic carbocycles. The lowest BCUT2D eigenvalue weighted by Crippen LogP contribution is -2.30. The van der Waals surface area contributed by atoms with Gasteiger partial charge in [0.15, 0.2) is 0 Å². The quantitative estimate of drug-likeness (QED) is 0.798. The van der Waals surface area contributed by atoms with Crippen molar-refractivity contribution in [1.29, 1.82) is 0 Å². The highest BCUT2D eigenvalue weighted by Gasteiger charge is 2.19. The molecule has 4 nitrogen and oxygen atoms in total. The molecule has 0 aliphatic rings. The number of hydrogen-bond acceptors (Lipinski definition) is 3. The zero-order valence-corrected chi connectivity index (χ0v) is 13.3. The Morgan fingerprint density at radius 1 is 1.18 bits per heavy atom. The third-order valence-corrected chi connectivity index (χ3v) is 4.03. The first-order valence-electron chi connectivity index (χ1n) is 7.15. The number of aromatic nitrogens is 2. The summed E-state index contributed by atoms with van der Waals surface area (Å²) < 4.78 is 1.75. The van der Waals surface area contributed by atoms with E-state index in [-0.39, 0.29) is 11.9 Å². The zero-order chi connectivity index (χ0) is 15.5. The van der Waals surface area contributed by atoms with E-state index in [0.717, 1.165) is 16.3 Å². The molecule has 3 rings (SSSR count). The molecular formula is C17H17N3OS. The fourth-order valence-electron chi connectivity index (χ4n) is 2.19. The van der Waals surface area contributed by atoms with Crippen LogP contribution >= 0.6 is 11.3 Å². The summed E-state index contributed by atoms with van der Waals surface area (Å²) in [6.07, 6.45) is 1.79. The lowest BCUT2D eigenvalue weighted by Gasteiger charge is -2.07. The zero-order valence-electron chi connectivity index (χ0n) is 12.5. The smallest absolute Gasteiger partial charge is 0.255 e. The normalized spacial score (nSPS) is 10.9. The molecule has 5 heteroatoms. The molecule has 0 unspecified atom stereocenters. The van der Waals surface area contributed by atoms with Crippen LogP contribution in [0.5, 0.6) is 0 Å². The Kier molecular flexibility index (Phi) is 4.06. The van der Waals surface area contributed by atoms with Crippen molar-refractivity contribution in [3.05, 3.63) is 59.6 Å². The summed E-state index contributed by atoms with van der Waals surface area (Å²) in [7, 11) is 0. The lowest BCUT2D eigenvalue weighted by molar-refractivity contribution is 0.0944. The van der Waals surface area contributed by atoms with Crippen molar-refractivity contribution >= 4 is 17.2 Å². The second-order valence-corrected chi connectivity index (χ2v) is 6.22. The molecule has 22 heavy (non-hydrogen) atoms. The number of hydrogen-bond donors (Lipinski definition) is 1. The van der Waals surface area contributed by atoms with Crippen molar-refractivity contribution < 1.29 is 4.79 Å². The molecule has 0 saturated carbocycles. The van der Waals surface area contributed by atoms with Crippen molar-refractivity contribution in [2.45, 2.75) is 19.9 Å². The maximum Gasteiger partial charge on any atom is 0.255 e. The first kappa shape index (κ1) is 14.5. The van der Waals surface area contributed by atoms with Crippen LogP contribution in [0.2, 0.25) is 0 Å². The van der Waals surface area contributed by atoms with Crippen LogP contribution in [0.1, 0.15) is 24.2 Å². The number of benzene rings is 1. The molecular weight excluding hydrogens is 294 g/mol. The molecule has 0 radical (unpaired) electrons. The van der Waals surface area contributed by atoms with Crippen LogP contribution in [-0.2, 0) is 0 Å². The molecule has 0 fully saturated rings. The molecule has 112 valence electrons. The molecule has 0 aliphatic heterocycles. The number of rotatable bonds is 4. The predicted octanol–water partition coefficient (Wildman–Crippen LogP) is 3.74. The average Bonchev–Trinajstić information content (AvgIpc) is 3.16. The Morgan fingerprint density at radius 3 is 2.59 bits per heavy atom. The minimum absolute atomic E-state index is 0.0868. The highest BCUT2D eigenvalue weighted by Crippen LogP contribution is 2.27. The summed E-state index contributed by atoms with van der Waals surface area (Å²) in [5.74, 6) is -0.0967. The lowest BCUT2D eigenvalue weighted by atomic mass is 10.2. The van der Waals surface area contributed by atoms with Gasteiger partial charge >= 0.3 is 0 Å². The van der Waals surface area contributed by atoms with E-state index in [4.69, 9.17) is 0 Å². The van der Waals surface area contributed by atoms with Crippen LogP contribution in [-0.4, -0.2) is 21.7 Å². The van der Waals surface area contributed by atoms with E-state index in [1.165, 1.54) is 0 Å². The van der Waals surface area contributed by atoms with E-state index in [2.05, 4.69) is 10.4 Å². The van der Waals surface area contributed by atoms with Gasteiger partial charge in [0, 0.05) is 12.2 Å². The Labute approximate surface area is 133 Å². The molecule has 2 heterocycles. The van der Waals surface area contributed by atoms with Crippen LogP contribution in [0.4, 0.5) is 0 Å². The van der Waals surface area contributed by atoms with Crippen LogP contribution < -0.4 is 5.32 Å². The third kappa shape index (κ3) is 2.94. The van der Waals surface area contributed by atoms with Gasteiger partial charge in [0.05, 0.1) is 16.1 Å². The van der Waals surface area contributed by atoms with Crippen LogP contribution in [0.25, 0.3) is 16.3 Å². The van der Waals surface area contributed by atoms with E-state index in [1.807, 2.05) is 61.7 Å². The van der Waals surface area contributed by atoms with E-state index >= 15 is 0 Å². The van der Waals surface area contributed by atoms with Gasteiger partial charge in [-0.1, -0.05) is 24.3 Å². The molecule has 0 spiro atoms. The Balaban J connectivity index is 2.07. The highest BCUT2D eigenvalue weighted by atomic mass is 32.1. The fraction of sp³-hybridized carbons (Fsp3) is 0.176. The second-order valence-electron chi connectivity index (χ2n) is 5.28. The van der Waals surface area contributed by atoms with Gasteiger partial charge in [0.25, 0.3) is 5.91 Å². The van der Waals surface area contributed by atoms with Gasteiger partial charge < -0.3 is 5.32 Å². The van der Waals surface area contributed by atoms with Crippen molar-refractivity contribution in [2.24, 2.45) is 0 Å². The molecule has 0 bridgehead atoms. The summed E-state index contributed by atoms with van der Waals surface area (Å²) >= 11 is 1.58. The first-order valence-corrected chi connectivity index (χ1v) is 8.03. The standard InChI is InChI=1S/C17H17N3OS/c1-12(2)18-17(21)14-11-20(13-7-4-3-5-8-13)19-16(14)15-9-6-10-22-15/h3-12H,1-2H3,(H,18,21). The number of nitrogens with zero attached hydrogens (tertiary/aromatic N) is 2. The van der Waals surface area contributed by atoms with E-state index in [9.17, 15) is 4.79 Å². The molecule has 2 aromatic heterocycles. The fourth-order valence-corrected chi connectivity index (χ4v) is 2.91. The summed E-state index contributed by atoms with van der Waals surface area (Å²) in [5, 5.41) is 9.54. The van der Waals surface area contributed by atoms with Gasteiger partial charge in [-0.25, -0.2) is 4.68 Å². The Hall–Kier alpha value is -2.40. The number of thiophene rings is 1. The summed E-state index contributed by atoms with van der Waals surface area (Å²) in [4.78, 5) is 13.4. The van der Waals surface area contributed by atoms with Gasteiger partial charge in [-0.2, -0.15) is 5.10 Å². The van der Waals surface area contributed by atoms with E-state index in [1.54, 1.807) is 22.2 Å². The molecule has 3 aromatic rings. The van der Waals surface area contributed by atoms with Crippen LogP contribution in [0.3, 0.4) is 0 Å². The third-order valence-electron chi connectivity index (χ3n) is 3.15. The van der Waals surface area contributed by atoms with Gasteiger partial charge in [-0.3, -0.25) is 4.79 Å². The topological polar surface area (TPSA) is 46.9 Å².